The van der Waals surface area contributed by atoms with Crippen molar-refractivity contribution in [2.45, 2.75) is 13.3 Å². The number of nitrogens with one attached hydrogen (secondary N) is 1. The van der Waals surface area contributed by atoms with Gasteiger partial charge in [-0.1, -0.05) is 18.2 Å². The van der Waals surface area contributed by atoms with Crippen molar-refractivity contribution in [3.05, 3.63) is 47.8 Å². The van der Waals surface area contributed by atoms with Crippen molar-refractivity contribution in [1.82, 2.24) is 15.1 Å². The number of rotatable bonds is 5. The van der Waals surface area contributed by atoms with Crippen LogP contribution in [0.25, 0.3) is 5.69 Å². The quantitative estimate of drug-likeness (QED) is 0.824. The molecule has 0 saturated heterocycles. The first-order valence-electron chi connectivity index (χ1n) is 6.32. The molecule has 0 unspecified atom stereocenters. The molecular formula is C14H19ClN4O. The van der Waals surface area contributed by atoms with E-state index in [-0.39, 0.29) is 18.3 Å². The van der Waals surface area contributed by atoms with Crippen molar-refractivity contribution in [3.8, 4) is 5.69 Å². The summed E-state index contributed by atoms with van der Waals surface area (Å²) < 4.78 is 1.76. The highest BCUT2D eigenvalue weighted by Crippen LogP contribution is 2.11. The Kier molecular flexibility index (Phi) is 6.21. The van der Waals surface area contributed by atoms with Crippen LogP contribution < -0.4 is 11.1 Å². The summed E-state index contributed by atoms with van der Waals surface area (Å²) in [6.45, 7) is 3.07. The van der Waals surface area contributed by atoms with Gasteiger partial charge in [-0.3, -0.25) is 4.79 Å². The molecule has 0 fully saturated rings. The Balaban J connectivity index is 0.00000200. The Bertz CT molecular complexity index is 554. The first-order chi connectivity index (χ1) is 9.22. The summed E-state index contributed by atoms with van der Waals surface area (Å²) in [5.41, 5.74) is 7.69. The smallest absolute Gasteiger partial charge is 0.271 e. The molecule has 0 aliphatic heterocycles. The molecule has 3 N–H and O–H groups in total. The van der Waals surface area contributed by atoms with Crippen LogP contribution in [0.5, 0.6) is 0 Å². The molecule has 2 aromatic rings. The van der Waals surface area contributed by atoms with Gasteiger partial charge < -0.3 is 11.1 Å². The van der Waals surface area contributed by atoms with Gasteiger partial charge in [-0.15, -0.1) is 12.4 Å². The van der Waals surface area contributed by atoms with Crippen LogP contribution in [0, 0.1) is 6.92 Å². The lowest BCUT2D eigenvalue weighted by atomic mass is 10.3. The van der Waals surface area contributed by atoms with Gasteiger partial charge >= 0.3 is 0 Å². The van der Waals surface area contributed by atoms with Gasteiger partial charge in [0.05, 0.1) is 5.69 Å². The maximum atomic E-state index is 11.9. The average Bonchev–Trinajstić information content (AvgIpc) is 2.82. The predicted molar refractivity (Wildman–Crippen MR) is 81.6 cm³/mol. The predicted octanol–water partition coefficient (Wildman–Crippen LogP) is 1.68. The van der Waals surface area contributed by atoms with Gasteiger partial charge in [-0.05, 0) is 38.1 Å². The number of carbonyl (C=O) groups is 1. The highest BCUT2D eigenvalue weighted by atomic mass is 35.5. The van der Waals surface area contributed by atoms with Crippen LogP contribution in [0.1, 0.15) is 22.6 Å². The van der Waals surface area contributed by atoms with Crippen molar-refractivity contribution in [1.29, 1.82) is 0 Å². The Labute approximate surface area is 124 Å². The number of benzene rings is 1. The number of halogens is 1. The molecule has 0 aliphatic rings. The topological polar surface area (TPSA) is 72.9 Å². The largest absolute Gasteiger partial charge is 0.351 e. The zero-order chi connectivity index (χ0) is 13.7. The van der Waals surface area contributed by atoms with Crippen molar-refractivity contribution in [3.63, 3.8) is 0 Å². The van der Waals surface area contributed by atoms with Gasteiger partial charge in [0.2, 0.25) is 0 Å². The molecule has 0 aliphatic carbocycles. The van der Waals surface area contributed by atoms with Crippen molar-refractivity contribution < 1.29 is 4.79 Å². The van der Waals surface area contributed by atoms with E-state index in [1.165, 1.54) is 0 Å². The maximum Gasteiger partial charge on any atom is 0.271 e. The number of nitrogens with zero attached hydrogens (tertiary/aromatic N) is 2. The van der Waals surface area contributed by atoms with Gasteiger partial charge in [0.1, 0.15) is 0 Å². The Morgan fingerprint density at radius 3 is 2.70 bits per heavy atom. The number of carbonyl (C=O) groups excluding carboxylic acids is 1. The second-order valence-corrected chi connectivity index (χ2v) is 4.32. The minimum absolute atomic E-state index is 0. The monoisotopic (exact) mass is 294 g/mol. The minimum Gasteiger partial charge on any atom is -0.351 e. The van der Waals surface area contributed by atoms with E-state index in [1.54, 1.807) is 10.7 Å². The number of aryl methyl sites for hydroxylation is 1. The van der Waals surface area contributed by atoms with E-state index < -0.39 is 0 Å². The van der Waals surface area contributed by atoms with Gasteiger partial charge in [0.15, 0.2) is 5.69 Å². The molecule has 108 valence electrons. The summed E-state index contributed by atoms with van der Waals surface area (Å²) in [6, 6.07) is 11.5. The number of amides is 1. The maximum absolute atomic E-state index is 11.9. The summed E-state index contributed by atoms with van der Waals surface area (Å²) in [7, 11) is 0. The highest BCUT2D eigenvalue weighted by molar-refractivity contribution is 5.92. The molecule has 20 heavy (non-hydrogen) atoms. The van der Waals surface area contributed by atoms with E-state index in [4.69, 9.17) is 5.73 Å². The SMILES string of the molecule is Cc1cc(C(=O)NCCCN)nn1-c1ccccc1.Cl. The highest BCUT2D eigenvalue weighted by Gasteiger charge is 2.12. The molecule has 0 atom stereocenters. The molecule has 6 heteroatoms. The third-order valence-corrected chi connectivity index (χ3v) is 2.79. The Hall–Kier alpha value is -1.85. The van der Waals surface area contributed by atoms with E-state index in [0.29, 0.717) is 18.8 Å². The van der Waals surface area contributed by atoms with Crippen LogP contribution in [0.4, 0.5) is 0 Å². The van der Waals surface area contributed by atoms with Crippen molar-refractivity contribution in [2.24, 2.45) is 5.73 Å². The van der Waals surface area contributed by atoms with Crippen molar-refractivity contribution >= 4 is 18.3 Å². The fraction of sp³-hybridized carbons (Fsp3) is 0.286. The normalized spacial score (nSPS) is 9.90. The van der Waals surface area contributed by atoms with E-state index >= 15 is 0 Å². The summed E-state index contributed by atoms with van der Waals surface area (Å²) in [4.78, 5) is 11.9. The van der Waals surface area contributed by atoms with Gasteiger partial charge in [-0.25, -0.2) is 4.68 Å². The first kappa shape index (κ1) is 16.2. The molecule has 1 aromatic heterocycles. The lowest BCUT2D eigenvalue weighted by Crippen LogP contribution is -2.26. The number of para-hydroxylation sites is 1. The summed E-state index contributed by atoms with van der Waals surface area (Å²) in [5.74, 6) is -0.161. The molecule has 5 nitrogen and oxygen atoms in total. The number of aromatic nitrogens is 2. The molecule has 0 radical (unpaired) electrons. The minimum atomic E-state index is -0.161. The number of hydrogen-bond donors (Lipinski definition) is 2. The molecular weight excluding hydrogens is 276 g/mol. The van der Waals surface area contributed by atoms with Crippen LogP contribution >= 0.6 is 12.4 Å². The molecule has 2 rings (SSSR count). The van der Waals surface area contributed by atoms with Gasteiger partial charge in [0.25, 0.3) is 5.91 Å². The lowest BCUT2D eigenvalue weighted by Gasteiger charge is -2.03. The van der Waals surface area contributed by atoms with E-state index in [2.05, 4.69) is 10.4 Å². The van der Waals surface area contributed by atoms with Crippen LogP contribution in [-0.4, -0.2) is 28.8 Å². The van der Waals surface area contributed by atoms with Crippen LogP contribution in [0.3, 0.4) is 0 Å². The third kappa shape index (κ3) is 3.82. The van der Waals surface area contributed by atoms with Crippen LogP contribution in [0.15, 0.2) is 36.4 Å². The summed E-state index contributed by atoms with van der Waals surface area (Å²) in [5, 5.41) is 7.13. The molecule has 1 amide bonds. The van der Waals surface area contributed by atoms with Gasteiger partial charge in [-0.2, -0.15) is 5.10 Å². The Morgan fingerprint density at radius 1 is 1.35 bits per heavy atom. The Morgan fingerprint density at radius 2 is 2.05 bits per heavy atom. The van der Waals surface area contributed by atoms with E-state index in [9.17, 15) is 4.79 Å². The standard InChI is InChI=1S/C14H18N4O.ClH/c1-11-10-13(14(19)16-9-5-8-15)17-18(11)12-6-3-2-4-7-12;/h2-4,6-7,10H,5,8-9,15H2,1H3,(H,16,19);1H. The fourth-order valence-corrected chi connectivity index (χ4v) is 1.81. The summed E-state index contributed by atoms with van der Waals surface area (Å²) in [6.07, 6.45) is 0.768. The number of nitrogens with two attached hydrogens (primary N) is 1. The second-order valence-electron chi connectivity index (χ2n) is 4.32. The van der Waals surface area contributed by atoms with E-state index in [1.807, 2.05) is 37.3 Å². The summed E-state index contributed by atoms with van der Waals surface area (Å²) >= 11 is 0. The van der Waals surface area contributed by atoms with Crippen LogP contribution in [0.2, 0.25) is 0 Å². The lowest BCUT2D eigenvalue weighted by molar-refractivity contribution is 0.0948. The van der Waals surface area contributed by atoms with Gasteiger partial charge in [0, 0.05) is 12.2 Å². The molecule has 1 heterocycles. The molecule has 0 spiro atoms. The van der Waals surface area contributed by atoms with Crippen molar-refractivity contribution in [2.75, 3.05) is 13.1 Å². The third-order valence-electron chi connectivity index (χ3n) is 2.79. The number of hydrogen-bond acceptors (Lipinski definition) is 3. The van der Waals surface area contributed by atoms with E-state index in [0.717, 1.165) is 17.8 Å². The fourth-order valence-electron chi connectivity index (χ4n) is 1.81. The zero-order valence-electron chi connectivity index (χ0n) is 11.4. The molecule has 0 bridgehead atoms. The van der Waals surface area contributed by atoms with Crippen LogP contribution in [-0.2, 0) is 0 Å². The molecule has 0 saturated carbocycles. The average molecular weight is 295 g/mol. The zero-order valence-corrected chi connectivity index (χ0v) is 12.2. The molecule has 1 aromatic carbocycles. The second kappa shape index (κ2) is 7.67. The first-order valence-corrected chi connectivity index (χ1v) is 6.32.